The van der Waals surface area contributed by atoms with Gasteiger partial charge in [0, 0.05) is 25.2 Å². The summed E-state index contributed by atoms with van der Waals surface area (Å²) in [6.07, 6.45) is 3.76. The largest absolute Gasteiger partial charge is 0.480 e. The Bertz CT molecular complexity index is 616. The van der Waals surface area contributed by atoms with Gasteiger partial charge in [0.25, 0.3) is 0 Å². The smallest absolute Gasteiger partial charge is 0.317 e. The average molecular weight is 359 g/mol. The van der Waals surface area contributed by atoms with Gasteiger partial charge in [0.05, 0.1) is 6.54 Å². The molecule has 1 aliphatic carbocycles. The minimum absolute atomic E-state index is 0.0327. The summed E-state index contributed by atoms with van der Waals surface area (Å²) in [6.45, 7) is 4.42. The summed E-state index contributed by atoms with van der Waals surface area (Å²) in [5, 5.41) is 12.1. The van der Waals surface area contributed by atoms with Gasteiger partial charge in [-0.05, 0) is 43.7 Å². The lowest BCUT2D eigenvalue weighted by molar-refractivity contribution is -0.139. The molecule has 1 saturated heterocycles. The maximum Gasteiger partial charge on any atom is 0.317 e. The number of carbonyl (C=O) groups excluding carboxylic acids is 1. The Hall–Kier alpha value is -2.08. The highest BCUT2D eigenvalue weighted by molar-refractivity contribution is 5.75. The lowest BCUT2D eigenvalue weighted by Gasteiger charge is -2.42. The van der Waals surface area contributed by atoms with E-state index in [-0.39, 0.29) is 24.7 Å². The van der Waals surface area contributed by atoms with E-state index in [4.69, 9.17) is 5.11 Å². The van der Waals surface area contributed by atoms with E-state index in [1.54, 1.807) is 0 Å². The third-order valence-electron chi connectivity index (χ3n) is 5.64. The average Bonchev–Trinajstić information content (AvgIpc) is 3.05. The zero-order chi connectivity index (χ0) is 18.5. The number of amides is 2. The van der Waals surface area contributed by atoms with Crippen molar-refractivity contribution >= 4 is 12.0 Å². The number of carbonyl (C=O) groups is 2. The Morgan fingerprint density at radius 2 is 2.00 bits per heavy atom. The predicted molar refractivity (Wildman–Crippen MR) is 100 cm³/mol. The van der Waals surface area contributed by atoms with E-state index in [0.29, 0.717) is 5.92 Å². The fraction of sp³-hybridized carbons (Fsp3) is 0.600. The molecule has 6 nitrogen and oxygen atoms in total. The summed E-state index contributed by atoms with van der Waals surface area (Å²) >= 11 is 0. The molecule has 0 radical (unpaired) electrons. The summed E-state index contributed by atoms with van der Waals surface area (Å²) < 4.78 is 0. The van der Waals surface area contributed by atoms with Crippen LogP contribution >= 0.6 is 0 Å². The molecule has 6 heteroatoms. The van der Waals surface area contributed by atoms with Crippen LogP contribution in [0.4, 0.5) is 4.79 Å². The van der Waals surface area contributed by atoms with Crippen molar-refractivity contribution in [1.29, 1.82) is 0 Å². The number of benzene rings is 1. The number of aliphatic carboxylic acids is 1. The highest BCUT2D eigenvalue weighted by atomic mass is 16.4. The molecule has 1 aromatic carbocycles. The standard InChI is InChI=1S/C20H29N3O3/c1-2-22(14-19(24)25)18-11-17(12-18)21-20(26)23-9-8-16(13-23)10-15-6-4-3-5-7-15/h3-7,16-18H,2,8-14H2,1H3,(H,21,26)(H,24,25). The molecule has 0 bridgehead atoms. The lowest BCUT2D eigenvalue weighted by atomic mass is 9.85. The van der Waals surface area contributed by atoms with Crippen LogP contribution in [0.2, 0.25) is 0 Å². The number of carboxylic acids is 1. The van der Waals surface area contributed by atoms with Crippen molar-refractivity contribution in [3.05, 3.63) is 35.9 Å². The van der Waals surface area contributed by atoms with Gasteiger partial charge in [-0.25, -0.2) is 4.79 Å². The summed E-state index contributed by atoms with van der Waals surface area (Å²) in [6, 6.07) is 10.9. The molecule has 0 aromatic heterocycles. The minimum Gasteiger partial charge on any atom is -0.480 e. The Kier molecular flexibility index (Phi) is 6.14. The number of likely N-dealkylation sites (tertiary alicyclic amines) is 1. The van der Waals surface area contributed by atoms with E-state index in [0.717, 1.165) is 45.3 Å². The van der Waals surface area contributed by atoms with Gasteiger partial charge in [0.15, 0.2) is 0 Å². The van der Waals surface area contributed by atoms with Crippen molar-refractivity contribution in [2.75, 3.05) is 26.2 Å². The molecule has 1 unspecified atom stereocenters. The summed E-state index contributed by atoms with van der Waals surface area (Å²) in [7, 11) is 0. The topological polar surface area (TPSA) is 72.9 Å². The SMILES string of the molecule is CCN(CC(=O)O)C1CC(NC(=O)N2CCC(Cc3ccccc3)C2)C1. The van der Waals surface area contributed by atoms with E-state index in [1.165, 1.54) is 5.56 Å². The van der Waals surface area contributed by atoms with Crippen molar-refractivity contribution in [3.63, 3.8) is 0 Å². The van der Waals surface area contributed by atoms with Crippen molar-refractivity contribution < 1.29 is 14.7 Å². The second kappa shape index (κ2) is 8.54. The van der Waals surface area contributed by atoms with E-state index < -0.39 is 5.97 Å². The number of nitrogens with one attached hydrogen (secondary N) is 1. The monoisotopic (exact) mass is 359 g/mol. The summed E-state index contributed by atoms with van der Waals surface area (Å²) in [5.41, 5.74) is 1.33. The molecule has 1 aromatic rings. The number of carboxylic acid groups (broad SMARTS) is 1. The molecule has 3 rings (SSSR count). The Labute approximate surface area is 155 Å². The van der Waals surface area contributed by atoms with Crippen LogP contribution in [-0.4, -0.2) is 65.2 Å². The van der Waals surface area contributed by atoms with Crippen LogP contribution < -0.4 is 5.32 Å². The first-order valence-electron chi connectivity index (χ1n) is 9.60. The normalized spacial score (nSPS) is 25.2. The number of hydrogen-bond donors (Lipinski definition) is 2. The molecule has 2 amide bonds. The van der Waals surface area contributed by atoms with Gasteiger partial charge in [-0.3, -0.25) is 9.69 Å². The molecule has 2 N–H and O–H groups in total. The molecule has 1 heterocycles. The Balaban J connectivity index is 1.39. The molecule has 142 valence electrons. The number of hydrogen-bond acceptors (Lipinski definition) is 3. The molecule has 26 heavy (non-hydrogen) atoms. The number of rotatable bonds is 7. The zero-order valence-corrected chi connectivity index (χ0v) is 15.4. The van der Waals surface area contributed by atoms with Gasteiger partial charge >= 0.3 is 12.0 Å². The molecule has 2 aliphatic rings. The third kappa shape index (κ3) is 4.75. The van der Waals surface area contributed by atoms with Gasteiger partial charge in [0.1, 0.15) is 0 Å². The van der Waals surface area contributed by atoms with E-state index in [2.05, 4.69) is 29.6 Å². The first kappa shape index (κ1) is 18.7. The van der Waals surface area contributed by atoms with Crippen LogP contribution in [0.15, 0.2) is 30.3 Å². The Morgan fingerprint density at radius 3 is 2.65 bits per heavy atom. The third-order valence-corrected chi connectivity index (χ3v) is 5.64. The number of urea groups is 1. The van der Waals surface area contributed by atoms with Crippen LogP contribution in [0, 0.1) is 5.92 Å². The van der Waals surface area contributed by atoms with Crippen molar-refractivity contribution in [2.24, 2.45) is 5.92 Å². The summed E-state index contributed by atoms with van der Waals surface area (Å²) in [5.74, 6) is -0.260. The Morgan fingerprint density at radius 1 is 1.27 bits per heavy atom. The van der Waals surface area contributed by atoms with Gasteiger partial charge < -0.3 is 15.3 Å². The van der Waals surface area contributed by atoms with Crippen LogP contribution in [0.1, 0.15) is 31.7 Å². The van der Waals surface area contributed by atoms with E-state index in [9.17, 15) is 9.59 Å². The molecule has 1 saturated carbocycles. The number of nitrogens with zero attached hydrogens (tertiary/aromatic N) is 2. The molecule has 0 spiro atoms. The maximum atomic E-state index is 12.5. The lowest BCUT2D eigenvalue weighted by Crippen LogP contribution is -2.56. The first-order chi connectivity index (χ1) is 12.5. The maximum absolute atomic E-state index is 12.5. The van der Waals surface area contributed by atoms with Crippen molar-refractivity contribution in [2.45, 2.75) is 44.7 Å². The minimum atomic E-state index is -0.791. The second-order valence-electron chi connectivity index (χ2n) is 7.52. The molecule has 1 aliphatic heterocycles. The van der Waals surface area contributed by atoms with Gasteiger partial charge in [-0.1, -0.05) is 37.3 Å². The fourth-order valence-corrected chi connectivity index (χ4v) is 4.07. The zero-order valence-electron chi connectivity index (χ0n) is 15.4. The first-order valence-corrected chi connectivity index (χ1v) is 9.60. The molecule has 1 atom stereocenters. The van der Waals surface area contributed by atoms with E-state index >= 15 is 0 Å². The van der Waals surface area contributed by atoms with Crippen LogP contribution in [-0.2, 0) is 11.2 Å². The van der Waals surface area contributed by atoms with Gasteiger partial charge in [0.2, 0.25) is 0 Å². The van der Waals surface area contributed by atoms with Crippen LogP contribution in [0.25, 0.3) is 0 Å². The molecule has 2 fully saturated rings. The van der Waals surface area contributed by atoms with E-state index in [1.807, 2.05) is 22.8 Å². The van der Waals surface area contributed by atoms with Crippen molar-refractivity contribution in [1.82, 2.24) is 15.1 Å². The fourth-order valence-electron chi connectivity index (χ4n) is 4.07. The summed E-state index contributed by atoms with van der Waals surface area (Å²) in [4.78, 5) is 27.3. The highest BCUT2D eigenvalue weighted by Crippen LogP contribution is 2.26. The van der Waals surface area contributed by atoms with Crippen LogP contribution in [0.3, 0.4) is 0 Å². The second-order valence-corrected chi connectivity index (χ2v) is 7.52. The highest BCUT2D eigenvalue weighted by Gasteiger charge is 2.36. The van der Waals surface area contributed by atoms with Gasteiger partial charge in [-0.15, -0.1) is 0 Å². The quantitative estimate of drug-likeness (QED) is 0.783. The van der Waals surface area contributed by atoms with Gasteiger partial charge in [-0.2, -0.15) is 0 Å². The van der Waals surface area contributed by atoms with Crippen LogP contribution in [0.5, 0.6) is 0 Å². The molecular weight excluding hydrogens is 330 g/mol. The number of likely N-dealkylation sites (N-methyl/N-ethyl adjacent to an activating group) is 1. The van der Waals surface area contributed by atoms with Crippen molar-refractivity contribution in [3.8, 4) is 0 Å². The molecular formula is C20H29N3O3. The predicted octanol–water partition coefficient (Wildman–Crippen LogP) is 2.20.